The van der Waals surface area contributed by atoms with E-state index in [-0.39, 0.29) is 37.8 Å². The van der Waals surface area contributed by atoms with Crippen molar-refractivity contribution in [2.75, 3.05) is 32.1 Å². The number of nitrogens with zero attached hydrogens (tertiary/aromatic N) is 2. The van der Waals surface area contributed by atoms with Crippen LogP contribution in [-0.2, 0) is 22.6 Å². The lowest BCUT2D eigenvalue weighted by Gasteiger charge is -2.27. The molecule has 0 saturated heterocycles. The van der Waals surface area contributed by atoms with Gasteiger partial charge in [0.1, 0.15) is 18.1 Å². The molecule has 0 bridgehead atoms. The van der Waals surface area contributed by atoms with Crippen molar-refractivity contribution in [2.45, 2.75) is 20.0 Å². The molecular weight excluding hydrogens is 477 g/mol. The van der Waals surface area contributed by atoms with E-state index in [1.807, 2.05) is 49.4 Å². The van der Waals surface area contributed by atoms with Crippen LogP contribution in [0.5, 0.6) is 0 Å². The van der Waals surface area contributed by atoms with Crippen molar-refractivity contribution in [3.8, 4) is 0 Å². The number of para-hydroxylation sites is 1. The lowest BCUT2D eigenvalue weighted by atomic mass is 10.2. The third-order valence-electron chi connectivity index (χ3n) is 5.09. The van der Waals surface area contributed by atoms with Gasteiger partial charge in [0.05, 0.1) is 28.9 Å². The fourth-order valence-electron chi connectivity index (χ4n) is 3.31. The number of carbonyl (C=O) groups excluding carboxylic acids is 2. The van der Waals surface area contributed by atoms with Gasteiger partial charge in [0.2, 0.25) is 5.91 Å². The summed E-state index contributed by atoms with van der Waals surface area (Å²) in [6, 6.07) is 17.8. The number of methoxy groups -OCH3 is 1. The number of ether oxygens (including phenoxy) is 1. The highest BCUT2D eigenvalue weighted by Crippen LogP contribution is 2.30. The third kappa shape index (κ3) is 7.25. The molecule has 2 aromatic carbocycles. The van der Waals surface area contributed by atoms with E-state index >= 15 is 0 Å². The molecule has 180 valence electrons. The van der Waals surface area contributed by atoms with E-state index < -0.39 is 6.03 Å². The molecular formula is C25H27Cl2N3O4. The Morgan fingerprint density at radius 1 is 0.941 bits per heavy atom. The minimum Gasteiger partial charge on any atom is -0.464 e. The summed E-state index contributed by atoms with van der Waals surface area (Å²) in [6.07, 6.45) is 0. The summed E-state index contributed by atoms with van der Waals surface area (Å²) >= 11 is 12.4. The van der Waals surface area contributed by atoms with E-state index in [1.54, 1.807) is 23.1 Å². The fraction of sp³-hybridized carbons (Fsp3) is 0.280. The highest BCUT2D eigenvalue weighted by Gasteiger charge is 2.23. The second-order valence-electron chi connectivity index (χ2n) is 7.69. The van der Waals surface area contributed by atoms with Gasteiger partial charge in [-0.05, 0) is 36.8 Å². The average Bonchev–Trinajstić information content (AvgIpc) is 3.23. The molecule has 0 fully saturated rings. The quantitative estimate of drug-likeness (QED) is 0.390. The van der Waals surface area contributed by atoms with E-state index in [0.29, 0.717) is 22.4 Å². The average molecular weight is 504 g/mol. The zero-order valence-electron chi connectivity index (χ0n) is 19.1. The number of rotatable bonds is 10. The summed E-state index contributed by atoms with van der Waals surface area (Å²) < 4.78 is 10.8. The maximum Gasteiger partial charge on any atom is 0.322 e. The van der Waals surface area contributed by atoms with Crippen molar-refractivity contribution in [3.63, 3.8) is 0 Å². The van der Waals surface area contributed by atoms with Crippen LogP contribution in [-0.4, -0.2) is 48.5 Å². The van der Waals surface area contributed by atoms with Gasteiger partial charge in [-0.15, -0.1) is 0 Å². The van der Waals surface area contributed by atoms with Gasteiger partial charge in [0.25, 0.3) is 0 Å². The standard InChI is InChI=1S/C25H27Cl2N3O4/c1-18-11-12-20(34-18)16-30(15-19-7-4-3-5-8-19)23(31)17-29(13-14-33-2)25(32)28-24-21(26)9-6-10-22(24)27/h3-12H,13-17H2,1-2H3,(H,28,32). The van der Waals surface area contributed by atoms with Gasteiger partial charge in [-0.2, -0.15) is 0 Å². The maximum absolute atomic E-state index is 13.4. The number of hydrogen-bond donors (Lipinski definition) is 1. The Labute approximate surface area is 209 Å². The molecule has 0 aliphatic rings. The van der Waals surface area contributed by atoms with Crippen LogP contribution in [0, 0.1) is 6.92 Å². The van der Waals surface area contributed by atoms with Crippen LogP contribution < -0.4 is 5.32 Å². The van der Waals surface area contributed by atoms with Crippen molar-refractivity contribution in [2.24, 2.45) is 0 Å². The van der Waals surface area contributed by atoms with Gasteiger partial charge >= 0.3 is 6.03 Å². The molecule has 34 heavy (non-hydrogen) atoms. The van der Waals surface area contributed by atoms with E-state index in [0.717, 1.165) is 11.3 Å². The predicted octanol–water partition coefficient (Wildman–Crippen LogP) is 5.60. The first-order valence-corrected chi connectivity index (χ1v) is 11.5. The van der Waals surface area contributed by atoms with Gasteiger partial charge in [-0.3, -0.25) is 4.79 Å². The minimum absolute atomic E-state index is 0.163. The summed E-state index contributed by atoms with van der Waals surface area (Å²) in [7, 11) is 1.53. The maximum atomic E-state index is 13.4. The van der Waals surface area contributed by atoms with Crippen LogP contribution in [0.4, 0.5) is 10.5 Å². The van der Waals surface area contributed by atoms with Crippen LogP contribution in [0.3, 0.4) is 0 Å². The molecule has 7 nitrogen and oxygen atoms in total. The molecule has 0 atom stereocenters. The Hall–Kier alpha value is -3.00. The molecule has 0 radical (unpaired) electrons. The van der Waals surface area contributed by atoms with Gasteiger partial charge in [-0.1, -0.05) is 59.6 Å². The molecule has 3 aromatic rings. The Bertz CT molecular complexity index is 1080. The number of furan rings is 1. The molecule has 0 aliphatic heterocycles. The van der Waals surface area contributed by atoms with Crippen LogP contribution in [0.2, 0.25) is 10.0 Å². The number of carbonyl (C=O) groups is 2. The molecule has 1 aromatic heterocycles. The van der Waals surface area contributed by atoms with Crippen LogP contribution >= 0.6 is 23.2 Å². The van der Waals surface area contributed by atoms with Crippen molar-refractivity contribution in [1.29, 1.82) is 0 Å². The molecule has 1 heterocycles. The SMILES string of the molecule is COCCN(CC(=O)N(Cc1ccccc1)Cc1ccc(C)o1)C(=O)Nc1c(Cl)cccc1Cl. The fourth-order valence-corrected chi connectivity index (χ4v) is 3.81. The molecule has 0 aliphatic carbocycles. The van der Waals surface area contributed by atoms with Gasteiger partial charge in [-0.25, -0.2) is 4.79 Å². The van der Waals surface area contributed by atoms with Crippen molar-refractivity contribution >= 4 is 40.8 Å². The van der Waals surface area contributed by atoms with Crippen molar-refractivity contribution in [1.82, 2.24) is 9.80 Å². The first kappa shape index (κ1) is 25.6. The number of benzene rings is 2. The molecule has 3 amide bonds. The summed E-state index contributed by atoms with van der Waals surface area (Å²) in [4.78, 5) is 29.5. The van der Waals surface area contributed by atoms with Gasteiger partial charge < -0.3 is 24.3 Å². The Kier molecular flexibility index (Phi) is 9.39. The molecule has 0 unspecified atom stereocenters. The highest BCUT2D eigenvalue weighted by atomic mass is 35.5. The lowest BCUT2D eigenvalue weighted by molar-refractivity contribution is -0.133. The molecule has 9 heteroatoms. The Morgan fingerprint density at radius 2 is 1.65 bits per heavy atom. The Balaban J connectivity index is 1.78. The molecule has 0 spiro atoms. The van der Waals surface area contributed by atoms with E-state index in [1.165, 1.54) is 12.0 Å². The van der Waals surface area contributed by atoms with Crippen molar-refractivity contribution in [3.05, 3.63) is 87.8 Å². The summed E-state index contributed by atoms with van der Waals surface area (Å²) in [5.41, 5.74) is 1.26. The van der Waals surface area contributed by atoms with Crippen LogP contribution in [0.25, 0.3) is 0 Å². The topological polar surface area (TPSA) is 75.0 Å². The number of halogens is 2. The highest BCUT2D eigenvalue weighted by molar-refractivity contribution is 6.39. The van der Waals surface area contributed by atoms with Crippen molar-refractivity contribution < 1.29 is 18.7 Å². The first-order chi connectivity index (χ1) is 16.4. The molecule has 0 saturated carbocycles. The second-order valence-corrected chi connectivity index (χ2v) is 8.50. The van der Waals surface area contributed by atoms with Gasteiger partial charge in [0.15, 0.2) is 0 Å². The molecule has 1 N–H and O–H groups in total. The van der Waals surface area contributed by atoms with Crippen LogP contribution in [0.1, 0.15) is 17.1 Å². The number of urea groups is 1. The zero-order valence-corrected chi connectivity index (χ0v) is 20.6. The Morgan fingerprint density at radius 3 is 2.26 bits per heavy atom. The zero-order chi connectivity index (χ0) is 24.5. The van der Waals surface area contributed by atoms with E-state index in [4.69, 9.17) is 32.4 Å². The molecule has 3 rings (SSSR count). The third-order valence-corrected chi connectivity index (χ3v) is 5.71. The lowest BCUT2D eigenvalue weighted by Crippen LogP contribution is -2.45. The predicted molar refractivity (Wildman–Crippen MR) is 133 cm³/mol. The van der Waals surface area contributed by atoms with E-state index in [9.17, 15) is 9.59 Å². The number of amides is 3. The monoisotopic (exact) mass is 503 g/mol. The summed E-state index contributed by atoms with van der Waals surface area (Å²) in [6.45, 7) is 2.79. The number of aryl methyl sites for hydroxylation is 1. The summed E-state index contributed by atoms with van der Waals surface area (Å²) in [5, 5.41) is 3.32. The second kappa shape index (κ2) is 12.5. The number of anilines is 1. The normalized spacial score (nSPS) is 10.7. The smallest absolute Gasteiger partial charge is 0.322 e. The van der Waals surface area contributed by atoms with Gasteiger partial charge in [0, 0.05) is 20.2 Å². The summed E-state index contributed by atoms with van der Waals surface area (Å²) in [5.74, 6) is 1.19. The van der Waals surface area contributed by atoms with Crippen LogP contribution in [0.15, 0.2) is 65.1 Å². The number of nitrogens with one attached hydrogen (secondary N) is 1. The van der Waals surface area contributed by atoms with E-state index in [2.05, 4.69) is 5.32 Å². The first-order valence-electron chi connectivity index (χ1n) is 10.7. The number of hydrogen-bond acceptors (Lipinski definition) is 4. The minimum atomic E-state index is -0.506. The largest absolute Gasteiger partial charge is 0.464 e.